The van der Waals surface area contributed by atoms with Crippen LogP contribution in [0, 0.1) is 0 Å². The third kappa shape index (κ3) is 4.51. The first-order valence-electron chi connectivity index (χ1n) is 9.87. The zero-order valence-electron chi connectivity index (χ0n) is 17.3. The molecule has 172 valence electrons. The fourth-order valence-electron chi connectivity index (χ4n) is 3.43. The molecule has 33 heavy (non-hydrogen) atoms. The zero-order chi connectivity index (χ0) is 23.8. The number of nitrogen functional groups attached to an aromatic ring is 1. The molecule has 3 N–H and O–H groups in total. The summed E-state index contributed by atoms with van der Waals surface area (Å²) in [5.41, 5.74) is 5.60. The fourth-order valence-corrected chi connectivity index (χ4v) is 3.43. The van der Waals surface area contributed by atoms with Crippen molar-refractivity contribution in [2.24, 2.45) is 0 Å². The average molecular weight is 460 g/mol. The number of nitrogens with two attached hydrogens (primary N) is 1. The molecular weight excluding hydrogens is 441 g/mol. The lowest BCUT2D eigenvalue weighted by Gasteiger charge is -2.21. The molecular formula is C21H19F3N6O3. The molecule has 1 fully saturated rings. The standard InChI is InChI=1S/C21H19F3N6O3/c1-2-12-7-14(3-4-16(12)33-17-5-6-27-19(25)28-17)30-18(31)11-29(20(30)32)15-8-13(9-26-10-15)21(22,23)24/h3-10,18,31H,2,11H2,1H3,(H2,25,27,28). The number of aryl methyl sites for hydroxylation is 1. The Morgan fingerprint density at radius 1 is 1.21 bits per heavy atom. The first-order chi connectivity index (χ1) is 15.7. The molecule has 1 aromatic carbocycles. The minimum Gasteiger partial charge on any atom is -0.439 e. The van der Waals surface area contributed by atoms with Crippen LogP contribution in [-0.4, -0.2) is 38.9 Å². The summed E-state index contributed by atoms with van der Waals surface area (Å²) < 4.78 is 44.9. The Bertz CT molecular complexity index is 1190. The van der Waals surface area contributed by atoms with Crippen molar-refractivity contribution >= 4 is 23.4 Å². The van der Waals surface area contributed by atoms with Crippen LogP contribution in [-0.2, 0) is 12.6 Å². The SMILES string of the molecule is CCc1cc(N2C(=O)N(c3cncc(C(F)(F)F)c3)CC2O)ccc1Oc1ccnc(N)n1. The highest BCUT2D eigenvalue weighted by Gasteiger charge is 2.39. The Morgan fingerprint density at radius 3 is 2.70 bits per heavy atom. The van der Waals surface area contributed by atoms with E-state index in [2.05, 4.69) is 15.0 Å². The van der Waals surface area contributed by atoms with E-state index in [-0.39, 0.29) is 24.1 Å². The van der Waals surface area contributed by atoms with Gasteiger partial charge in [-0.2, -0.15) is 18.2 Å². The second-order valence-corrected chi connectivity index (χ2v) is 7.17. The Kier molecular flexibility index (Phi) is 5.77. The molecule has 1 aliphatic rings. The summed E-state index contributed by atoms with van der Waals surface area (Å²) >= 11 is 0. The number of hydrogen-bond acceptors (Lipinski definition) is 7. The Morgan fingerprint density at radius 2 is 2.00 bits per heavy atom. The number of β-amino-alcohol motifs (C(OH)–C–C–N with tert-alkyl or cyclic N) is 1. The number of nitrogens with zero attached hydrogens (tertiary/aromatic N) is 5. The van der Waals surface area contributed by atoms with Gasteiger partial charge >= 0.3 is 12.2 Å². The van der Waals surface area contributed by atoms with Gasteiger partial charge in [0.15, 0.2) is 6.23 Å². The van der Waals surface area contributed by atoms with Gasteiger partial charge in [-0.25, -0.2) is 9.78 Å². The molecule has 1 aliphatic heterocycles. The number of carbonyl (C=O) groups excluding carboxylic acids is 1. The van der Waals surface area contributed by atoms with E-state index in [1.54, 1.807) is 24.3 Å². The normalized spacial score (nSPS) is 16.4. The van der Waals surface area contributed by atoms with Gasteiger partial charge in [-0.15, -0.1) is 0 Å². The van der Waals surface area contributed by atoms with Crippen molar-refractivity contribution in [3.05, 3.63) is 60.0 Å². The lowest BCUT2D eigenvalue weighted by atomic mass is 10.1. The first-order valence-corrected chi connectivity index (χ1v) is 9.87. The van der Waals surface area contributed by atoms with E-state index in [0.29, 0.717) is 29.6 Å². The van der Waals surface area contributed by atoms with E-state index in [4.69, 9.17) is 10.5 Å². The number of urea groups is 1. The van der Waals surface area contributed by atoms with E-state index in [0.717, 1.165) is 22.1 Å². The number of alkyl halides is 3. The summed E-state index contributed by atoms with van der Waals surface area (Å²) in [6, 6.07) is 6.52. The largest absolute Gasteiger partial charge is 0.439 e. The highest BCUT2D eigenvalue weighted by molar-refractivity contribution is 6.06. The van der Waals surface area contributed by atoms with Crippen molar-refractivity contribution < 1.29 is 27.8 Å². The van der Waals surface area contributed by atoms with Crippen molar-refractivity contribution in [1.82, 2.24) is 15.0 Å². The number of anilines is 3. The van der Waals surface area contributed by atoms with Crippen LogP contribution in [0.5, 0.6) is 11.6 Å². The third-order valence-corrected chi connectivity index (χ3v) is 5.01. The number of rotatable bonds is 5. The van der Waals surface area contributed by atoms with Gasteiger partial charge in [0.2, 0.25) is 11.8 Å². The molecule has 1 unspecified atom stereocenters. The molecule has 3 aromatic rings. The molecule has 0 spiro atoms. The number of halogens is 3. The zero-order valence-corrected chi connectivity index (χ0v) is 17.3. The molecule has 0 radical (unpaired) electrons. The highest BCUT2D eigenvalue weighted by Crippen LogP contribution is 2.35. The molecule has 0 aliphatic carbocycles. The maximum atomic E-state index is 13.0. The first kappa shape index (κ1) is 22.3. The number of hydrogen-bond donors (Lipinski definition) is 2. The fraction of sp³-hybridized carbons (Fsp3) is 0.238. The van der Waals surface area contributed by atoms with Crippen LogP contribution in [0.15, 0.2) is 48.9 Å². The van der Waals surface area contributed by atoms with E-state index in [1.165, 1.54) is 6.20 Å². The second kappa shape index (κ2) is 8.54. The molecule has 3 heterocycles. The minimum absolute atomic E-state index is 0.0529. The summed E-state index contributed by atoms with van der Waals surface area (Å²) in [5.74, 6) is 0.766. The molecule has 2 aromatic heterocycles. The van der Waals surface area contributed by atoms with E-state index < -0.39 is 24.0 Å². The van der Waals surface area contributed by atoms with Crippen LogP contribution in [0.3, 0.4) is 0 Å². The Labute approximate surface area is 186 Å². The molecule has 12 heteroatoms. The van der Waals surface area contributed by atoms with Gasteiger partial charge in [-0.05, 0) is 36.2 Å². The summed E-state index contributed by atoms with van der Waals surface area (Å²) in [6.45, 7) is 1.66. The number of amides is 2. The monoisotopic (exact) mass is 460 g/mol. The van der Waals surface area contributed by atoms with Gasteiger partial charge < -0.3 is 15.6 Å². The van der Waals surface area contributed by atoms with Crippen molar-refractivity contribution in [3.63, 3.8) is 0 Å². The number of carbonyl (C=O) groups is 1. The lowest BCUT2D eigenvalue weighted by molar-refractivity contribution is -0.137. The molecule has 0 saturated carbocycles. The van der Waals surface area contributed by atoms with Crippen LogP contribution in [0.25, 0.3) is 0 Å². The van der Waals surface area contributed by atoms with Gasteiger partial charge in [0, 0.05) is 24.1 Å². The molecule has 4 rings (SSSR count). The maximum absolute atomic E-state index is 13.0. The molecule has 1 atom stereocenters. The number of ether oxygens (including phenoxy) is 1. The summed E-state index contributed by atoms with van der Waals surface area (Å²) in [4.78, 5) is 26.5. The third-order valence-electron chi connectivity index (χ3n) is 5.01. The highest BCUT2D eigenvalue weighted by atomic mass is 19.4. The van der Waals surface area contributed by atoms with Crippen LogP contribution < -0.4 is 20.3 Å². The summed E-state index contributed by atoms with van der Waals surface area (Å²) in [7, 11) is 0. The van der Waals surface area contributed by atoms with Gasteiger partial charge in [-0.3, -0.25) is 14.8 Å². The van der Waals surface area contributed by atoms with Crippen molar-refractivity contribution in [2.45, 2.75) is 25.7 Å². The quantitative estimate of drug-likeness (QED) is 0.597. The topological polar surface area (TPSA) is 118 Å². The minimum atomic E-state index is -4.61. The smallest absolute Gasteiger partial charge is 0.417 e. The second-order valence-electron chi connectivity index (χ2n) is 7.17. The number of aromatic nitrogens is 3. The van der Waals surface area contributed by atoms with Crippen molar-refractivity contribution in [1.29, 1.82) is 0 Å². The Balaban J connectivity index is 1.61. The van der Waals surface area contributed by atoms with Crippen LogP contribution in [0.4, 0.5) is 35.3 Å². The predicted octanol–water partition coefficient (Wildman–Crippen LogP) is 3.59. The number of pyridine rings is 1. The maximum Gasteiger partial charge on any atom is 0.417 e. The lowest BCUT2D eigenvalue weighted by Crippen LogP contribution is -2.35. The van der Waals surface area contributed by atoms with E-state index >= 15 is 0 Å². The number of aliphatic hydroxyl groups excluding tert-OH is 1. The Hall–Kier alpha value is -3.93. The van der Waals surface area contributed by atoms with Crippen LogP contribution >= 0.6 is 0 Å². The average Bonchev–Trinajstić information content (AvgIpc) is 3.07. The van der Waals surface area contributed by atoms with Crippen molar-refractivity contribution in [2.75, 3.05) is 22.1 Å². The van der Waals surface area contributed by atoms with Crippen molar-refractivity contribution in [3.8, 4) is 11.6 Å². The predicted molar refractivity (Wildman–Crippen MR) is 113 cm³/mol. The van der Waals surface area contributed by atoms with E-state index in [9.17, 15) is 23.1 Å². The molecule has 1 saturated heterocycles. The van der Waals surface area contributed by atoms with Gasteiger partial charge in [-0.1, -0.05) is 6.92 Å². The molecule has 9 nitrogen and oxygen atoms in total. The van der Waals surface area contributed by atoms with Gasteiger partial charge in [0.05, 0.1) is 24.0 Å². The van der Waals surface area contributed by atoms with Gasteiger partial charge in [0.25, 0.3) is 0 Å². The summed E-state index contributed by atoms with van der Waals surface area (Å²) in [6.07, 6.45) is -2.08. The molecule has 0 bridgehead atoms. The van der Waals surface area contributed by atoms with Crippen LogP contribution in [0.2, 0.25) is 0 Å². The summed E-state index contributed by atoms with van der Waals surface area (Å²) in [5, 5.41) is 10.5. The van der Waals surface area contributed by atoms with Crippen LogP contribution in [0.1, 0.15) is 18.1 Å². The molecule has 2 amide bonds. The number of benzene rings is 1. The van der Waals surface area contributed by atoms with Gasteiger partial charge in [0.1, 0.15) is 5.75 Å². The number of aliphatic hydroxyl groups is 1. The van der Waals surface area contributed by atoms with E-state index in [1.807, 2.05) is 6.92 Å².